The molecule has 0 saturated heterocycles. The zero-order valence-electron chi connectivity index (χ0n) is 15.5. The average Bonchev–Trinajstić information content (AvgIpc) is 3.33. The first kappa shape index (κ1) is 17.9. The third-order valence-corrected chi connectivity index (χ3v) is 5.06. The molecule has 0 bridgehead atoms. The van der Waals surface area contributed by atoms with Crippen molar-refractivity contribution in [2.45, 2.75) is 31.8 Å². The number of amides is 1. The van der Waals surface area contributed by atoms with Gasteiger partial charge in [-0.15, -0.1) is 5.53 Å². The van der Waals surface area contributed by atoms with Gasteiger partial charge >= 0.3 is 0 Å². The van der Waals surface area contributed by atoms with Gasteiger partial charge in [-0.2, -0.15) is 0 Å². The number of halogens is 1. The van der Waals surface area contributed by atoms with Gasteiger partial charge in [0.2, 0.25) is 0 Å². The molecule has 0 spiro atoms. The van der Waals surface area contributed by atoms with Gasteiger partial charge < -0.3 is 9.72 Å². The predicted molar refractivity (Wildman–Crippen MR) is 106 cm³/mol. The Bertz CT molecular complexity index is 1110. The number of hydrogen-bond acceptors (Lipinski definition) is 7. The highest BCUT2D eigenvalue weighted by atomic mass is 35.5. The highest BCUT2D eigenvalue weighted by molar-refractivity contribution is 6.29. The fraction of sp³-hybridized carbons (Fsp3) is 0.263. The minimum absolute atomic E-state index is 0.189. The van der Waals surface area contributed by atoms with Crippen molar-refractivity contribution in [2.24, 2.45) is 0 Å². The lowest BCUT2D eigenvalue weighted by Gasteiger charge is -2.12. The summed E-state index contributed by atoms with van der Waals surface area (Å²) >= 11 is 5.83. The SMILES string of the molecule is O=C(NCc1nccc(Cl)n1)C1=CN(Cc2cn3cc(C4CC4)ccc3n2)NN1. The molecule has 1 aliphatic carbocycles. The van der Waals surface area contributed by atoms with Crippen molar-refractivity contribution in [1.82, 2.24) is 40.6 Å². The molecule has 0 radical (unpaired) electrons. The van der Waals surface area contributed by atoms with E-state index >= 15 is 0 Å². The van der Waals surface area contributed by atoms with Gasteiger partial charge in [-0.05, 0) is 36.5 Å². The second-order valence-corrected chi connectivity index (χ2v) is 7.51. The van der Waals surface area contributed by atoms with E-state index in [2.05, 4.69) is 54.0 Å². The molecule has 9 nitrogen and oxygen atoms in total. The zero-order chi connectivity index (χ0) is 19.8. The Balaban J connectivity index is 1.21. The van der Waals surface area contributed by atoms with E-state index in [1.807, 2.05) is 6.20 Å². The summed E-state index contributed by atoms with van der Waals surface area (Å²) in [6.45, 7) is 0.704. The van der Waals surface area contributed by atoms with Gasteiger partial charge in [0.05, 0.1) is 18.8 Å². The maximum atomic E-state index is 12.3. The number of nitrogens with zero attached hydrogens (tertiary/aromatic N) is 5. The highest BCUT2D eigenvalue weighted by Crippen LogP contribution is 2.39. The van der Waals surface area contributed by atoms with E-state index in [1.54, 1.807) is 23.5 Å². The second kappa shape index (κ2) is 7.34. The van der Waals surface area contributed by atoms with Crippen LogP contribution in [0.3, 0.4) is 0 Å². The molecule has 3 aromatic rings. The zero-order valence-corrected chi connectivity index (χ0v) is 16.2. The smallest absolute Gasteiger partial charge is 0.270 e. The number of imidazole rings is 1. The molecule has 0 atom stereocenters. The molecular formula is C19H19ClN8O. The van der Waals surface area contributed by atoms with E-state index in [4.69, 9.17) is 11.6 Å². The van der Waals surface area contributed by atoms with Crippen LogP contribution in [0, 0.1) is 0 Å². The lowest BCUT2D eigenvalue weighted by atomic mass is 10.2. The quantitative estimate of drug-likeness (QED) is 0.531. The van der Waals surface area contributed by atoms with Crippen LogP contribution < -0.4 is 16.3 Å². The monoisotopic (exact) mass is 410 g/mol. The summed E-state index contributed by atoms with van der Waals surface area (Å²) in [4.78, 5) is 25.1. The Labute approximate surface area is 171 Å². The van der Waals surface area contributed by atoms with Crippen molar-refractivity contribution in [3.05, 3.63) is 70.9 Å². The molecule has 1 amide bonds. The van der Waals surface area contributed by atoms with Crippen molar-refractivity contribution in [3.63, 3.8) is 0 Å². The first-order chi connectivity index (χ1) is 14.1. The molecule has 1 aliphatic heterocycles. The molecule has 1 fully saturated rings. The third-order valence-electron chi connectivity index (χ3n) is 4.85. The van der Waals surface area contributed by atoms with E-state index in [0.29, 0.717) is 29.1 Å². The standard InChI is InChI=1S/C19H19ClN8O/c20-16-5-6-21-17(24-16)7-22-19(29)15-11-28(26-25-15)10-14-9-27-8-13(12-1-2-12)3-4-18(27)23-14/h3-6,8-9,11-12,25-26H,1-2,7,10H2,(H,22,29). The number of fused-ring (bicyclic) bond motifs is 1. The van der Waals surface area contributed by atoms with E-state index in [0.717, 1.165) is 11.3 Å². The van der Waals surface area contributed by atoms with Gasteiger partial charge in [0.25, 0.3) is 5.91 Å². The van der Waals surface area contributed by atoms with E-state index in [1.165, 1.54) is 18.4 Å². The van der Waals surface area contributed by atoms with Crippen LogP contribution in [-0.4, -0.2) is 30.3 Å². The second-order valence-electron chi connectivity index (χ2n) is 7.12. The van der Waals surface area contributed by atoms with Gasteiger partial charge in [0.1, 0.15) is 22.3 Å². The number of carbonyl (C=O) groups excluding carboxylic acids is 1. The van der Waals surface area contributed by atoms with Crippen molar-refractivity contribution in [1.29, 1.82) is 0 Å². The molecule has 3 N–H and O–H groups in total. The number of aromatic nitrogens is 4. The number of carbonyl (C=O) groups is 1. The normalized spacial score (nSPS) is 16.0. The average molecular weight is 411 g/mol. The first-order valence-electron chi connectivity index (χ1n) is 9.37. The van der Waals surface area contributed by atoms with Crippen LogP contribution in [0.2, 0.25) is 5.15 Å². The summed E-state index contributed by atoms with van der Waals surface area (Å²) in [5.41, 5.74) is 9.40. The number of pyridine rings is 1. The van der Waals surface area contributed by atoms with Crippen molar-refractivity contribution in [3.8, 4) is 0 Å². The van der Waals surface area contributed by atoms with Gasteiger partial charge in [-0.25, -0.2) is 15.0 Å². The van der Waals surface area contributed by atoms with Crippen molar-refractivity contribution < 1.29 is 4.79 Å². The van der Waals surface area contributed by atoms with Gasteiger partial charge in [0.15, 0.2) is 0 Å². The van der Waals surface area contributed by atoms with Gasteiger partial charge in [0, 0.05) is 24.8 Å². The van der Waals surface area contributed by atoms with Crippen LogP contribution in [0.4, 0.5) is 0 Å². The minimum atomic E-state index is -0.271. The van der Waals surface area contributed by atoms with Crippen LogP contribution in [0.5, 0.6) is 0 Å². The molecular weight excluding hydrogens is 392 g/mol. The largest absolute Gasteiger partial charge is 0.343 e. The maximum absolute atomic E-state index is 12.3. The van der Waals surface area contributed by atoms with Crippen LogP contribution in [0.25, 0.3) is 5.65 Å². The predicted octanol–water partition coefficient (Wildman–Crippen LogP) is 1.64. The molecule has 3 aromatic heterocycles. The fourth-order valence-corrected chi connectivity index (χ4v) is 3.39. The Hall–Kier alpha value is -3.17. The fourth-order valence-electron chi connectivity index (χ4n) is 3.24. The number of rotatable bonds is 6. The molecule has 0 aromatic carbocycles. The minimum Gasteiger partial charge on any atom is -0.343 e. The van der Waals surface area contributed by atoms with Gasteiger partial charge in [-0.1, -0.05) is 17.7 Å². The van der Waals surface area contributed by atoms with Crippen molar-refractivity contribution in [2.75, 3.05) is 0 Å². The number of nitrogens with one attached hydrogen (secondary N) is 3. The lowest BCUT2D eigenvalue weighted by Crippen LogP contribution is -2.38. The summed E-state index contributed by atoms with van der Waals surface area (Å²) < 4.78 is 2.06. The number of hydrazine groups is 2. The topological polar surface area (TPSA) is 99.5 Å². The molecule has 1 saturated carbocycles. The molecule has 0 unspecified atom stereocenters. The van der Waals surface area contributed by atoms with E-state index < -0.39 is 0 Å². The van der Waals surface area contributed by atoms with Crippen LogP contribution >= 0.6 is 11.6 Å². The Morgan fingerprint density at radius 1 is 1.24 bits per heavy atom. The summed E-state index contributed by atoms with van der Waals surface area (Å²) in [7, 11) is 0. The van der Waals surface area contributed by atoms with Crippen LogP contribution in [0.15, 0.2) is 48.7 Å². The molecule has 4 heterocycles. The summed E-state index contributed by atoms with van der Waals surface area (Å²) in [6.07, 6.45) is 9.98. The third kappa shape index (κ3) is 4.01. The first-order valence-corrected chi connectivity index (χ1v) is 9.75. The van der Waals surface area contributed by atoms with E-state index in [9.17, 15) is 4.79 Å². The van der Waals surface area contributed by atoms with Gasteiger partial charge in [-0.3, -0.25) is 15.2 Å². The van der Waals surface area contributed by atoms with E-state index in [-0.39, 0.29) is 12.5 Å². The Kier molecular flexibility index (Phi) is 4.53. The summed E-state index contributed by atoms with van der Waals surface area (Å²) in [6, 6.07) is 5.80. The number of hydrogen-bond donors (Lipinski definition) is 3. The maximum Gasteiger partial charge on any atom is 0.270 e. The molecule has 10 heteroatoms. The van der Waals surface area contributed by atoms with Crippen LogP contribution in [-0.2, 0) is 17.9 Å². The van der Waals surface area contributed by atoms with Crippen molar-refractivity contribution >= 4 is 23.2 Å². The summed E-state index contributed by atoms with van der Waals surface area (Å²) in [5, 5.41) is 4.87. The highest BCUT2D eigenvalue weighted by Gasteiger charge is 2.24. The Morgan fingerprint density at radius 3 is 2.97 bits per heavy atom. The summed E-state index contributed by atoms with van der Waals surface area (Å²) in [5.74, 6) is 0.883. The molecule has 5 rings (SSSR count). The Morgan fingerprint density at radius 2 is 2.14 bits per heavy atom. The van der Waals surface area contributed by atoms with Crippen LogP contribution in [0.1, 0.15) is 35.8 Å². The molecule has 29 heavy (non-hydrogen) atoms. The molecule has 148 valence electrons. The molecule has 2 aliphatic rings. The lowest BCUT2D eigenvalue weighted by molar-refractivity contribution is -0.118.